The highest BCUT2D eigenvalue weighted by Gasteiger charge is 2.28. The first-order valence-corrected chi connectivity index (χ1v) is 7.38. The third-order valence-corrected chi connectivity index (χ3v) is 4.46. The van der Waals surface area contributed by atoms with Crippen molar-refractivity contribution in [2.75, 3.05) is 12.5 Å². The molecule has 0 aromatic heterocycles. The summed E-state index contributed by atoms with van der Waals surface area (Å²) in [6.45, 7) is 0. The molecule has 20 heavy (non-hydrogen) atoms. The van der Waals surface area contributed by atoms with Gasteiger partial charge in [0.25, 0.3) is 0 Å². The first-order chi connectivity index (χ1) is 9.44. The maximum atomic E-state index is 13.8. The molecule has 0 fully saturated rings. The van der Waals surface area contributed by atoms with Crippen molar-refractivity contribution in [1.29, 1.82) is 10.5 Å². The Morgan fingerprint density at radius 3 is 1.65 bits per heavy atom. The average molecular weight is 318 g/mol. The van der Waals surface area contributed by atoms with E-state index in [4.69, 9.17) is 10.5 Å². The molecule has 8 heteroatoms. The number of nitriles is 2. The quantitative estimate of drug-likeness (QED) is 0.479. The highest BCUT2D eigenvalue weighted by molar-refractivity contribution is 8.21. The molecule has 1 rings (SSSR count). The van der Waals surface area contributed by atoms with Crippen LogP contribution in [0.2, 0.25) is 0 Å². The summed E-state index contributed by atoms with van der Waals surface area (Å²) in [7, 11) is 0. The Labute approximate surface area is 121 Å². The van der Waals surface area contributed by atoms with Crippen molar-refractivity contribution in [2.24, 2.45) is 0 Å². The van der Waals surface area contributed by atoms with E-state index >= 15 is 0 Å². The third-order valence-electron chi connectivity index (χ3n) is 2.31. The van der Waals surface area contributed by atoms with E-state index in [0.29, 0.717) is 0 Å². The highest BCUT2D eigenvalue weighted by atomic mass is 32.2. The molecule has 0 aliphatic heterocycles. The molecule has 0 bridgehead atoms. The van der Waals surface area contributed by atoms with Crippen molar-refractivity contribution < 1.29 is 17.6 Å². The van der Waals surface area contributed by atoms with Crippen LogP contribution in [0.3, 0.4) is 0 Å². The number of rotatable bonds is 3. The summed E-state index contributed by atoms with van der Waals surface area (Å²) in [4.78, 5) is 0. The van der Waals surface area contributed by atoms with Gasteiger partial charge in [0.15, 0.2) is 23.3 Å². The monoisotopic (exact) mass is 318 g/mol. The van der Waals surface area contributed by atoms with Crippen LogP contribution in [-0.2, 0) is 0 Å². The van der Waals surface area contributed by atoms with Gasteiger partial charge in [-0.25, -0.2) is 17.6 Å². The van der Waals surface area contributed by atoms with Gasteiger partial charge in [0.05, 0.1) is 15.4 Å². The maximum absolute atomic E-state index is 13.8. The number of allylic oxidation sites excluding steroid dienone is 1. The second-order valence-electron chi connectivity index (χ2n) is 3.30. The van der Waals surface area contributed by atoms with Crippen molar-refractivity contribution in [3.05, 3.63) is 38.6 Å². The summed E-state index contributed by atoms with van der Waals surface area (Å²) in [5.74, 6) is -7.12. The molecule has 0 aliphatic carbocycles. The standard InChI is InChI=1S/C12H6F4N2S2/c1-19-12(20-2)5(3-17)7-10(15)8(13)6(4-18)9(14)11(7)16/h1-2H3. The van der Waals surface area contributed by atoms with Gasteiger partial charge < -0.3 is 0 Å². The number of hydrogen-bond donors (Lipinski definition) is 0. The Hall–Kier alpha value is -1.64. The second kappa shape index (κ2) is 6.69. The van der Waals surface area contributed by atoms with E-state index in [1.165, 1.54) is 6.07 Å². The molecule has 0 unspecified atom stereocenters. The Bertz CT molecular complexity index is 637. The number of nitrogens with zero attached hydrogens (tertiary/aromatic N) is 2. The summed E-state index contributed by atoms with van der Waals surface area (Å²) < 4.78 is 54.9. The van der Waals surface area contributed by atoms with E-state index in [1.807, 2.05) is 0 Å². The molecule has 2 nitrogen and oxygen atoms in total. The van der Waals surface area contributed by atoms with Crippen LogP contribution >= 0.6 is 23.5 Å². The van der Waals surface area contributed by atoms with Crippen molar-refractivity contribution in [3.8, 4) is 12.1 Å². The second-order valence-corrected chi connectivity index (χ2v) is 5.19. The van der Waals surface area contributed by atoms with Gasteiger partial charge in [0, 0.05) is 0 Å². The largest absolute Gasteiger partial charge is 0.203 e. The summed E-state index contributed by atoms with van der Waals surface area (Å²) in [6, 6.07) is 2.58. The molecule has 0 spiro atoms. The van der Waals surface area contributed by atoms with Crippen LogP contribution in [0.5, 0.6) is 0 Å². The Kier molecular flexibility index (Phi) is 5.49. The molecule has 0 saturated carbocycles. The summed E-state index contributed by atoms with van der Waals surface area (Å²) in [6.07, 6.45) is 3.10. The van der Waals surface area contributed by atoms with Crippen LogP contribution in [0.1, 0.15) is 11.1 Å². The van der Waals surface area contributed by atoms with Crippen molar-refractivity contribution in [2.45, 2.75) is 0 Å². The molecule has 104 valence electrons. The molecule has 0 atom stereocenters. The van der Waals surface area contributed by atoms with Crippen LogP contribution in [0.15, 0.2) is 4.24 Å². The van der Waals surface area contributed by atoms with Crippen LogP contribution in [0.4, 0.5) is 17.6 Å². The predicted molar refractivity (Wildman–Crippen MR) is 70.6 cm³/mol. The SMILES string of the molecule is CSC(SC)=C(C#N)c1c(F)c(F)c(C#N)c(F)c1F. The van der Waals surface area contributed by atoms with Crippen molar-refractivity contribution >= 4 is 29.1 Å². The van der Waals surface area contributed by atoms with Gasteiger partial charge in [-0.1, -0.05) is 0 Å². The fourth-order valence-electron chi connectivity index (χ4n) is 1.44. The molecular formula is C12H6F4N2S2. The molecule has 0 aliphatic rings. The molecule has 1 aromatic rings. The van der Waals surface area contributed by atoms with Gasteiger partial charge in [-0.15, -0.1) is 23.5 Å². The van der Waals surface area contributed by atoms with Gasteiger partial charge in [0.2, 0.25) is 0 Å². The van der Waals surface area contributed by atoms with Gasteiger partial charge in [0.1, 0.15) is 17.7 Å². The van der Waals surface area contributed by atoms with Gasteiger partial charge in [-0.3, -0.25) is 0 Å². The van der Waals surface area contributed by atoms with Gasteiger partial charge in [-0.05, 0) is 12.5 Å². The molecule has 0 radical (unpaired) electrons. The molecule has 0 heterocycles. The third kappa shape index (κ3) is 2.62. The Morgan fingerprint density at radius 1 is 0.900 bits per heavy atom. The van der Waals surface area contributed by atoms with Crippen molar-refractivity contribution in [1.82, 2.24) is 0 Å². The number of hydrogen-bond acceptors (Lipinski definition) is 4. The zero-order valence-electron chi connectivity index (χ0n) is 10.2. The zero-order valence-corrected chi connectivity index (χ0v) is 11.9. The van der Waals surface area contributed by atoms with Crippen LogP contribution < -0.4 is 0 Å². The van der Waals surface area contributed by atoms with Gasteiger partial charge >= 0.3 is 0 Å². The number of halogens is 4. The lowest BCUT2D eigenvalue weighted by atomic mass is 10.0. The maximum Gasteiger partial charge on any atom is 0.180 e. The van der Waals surface area contributed by atoms with E-state index in [2.05, 4.69) is 0 Å². The van der Waals surface area contributed by atoms with Crippen LogP contribution in [-0.4, -0.2) is 12.5 Å². The van der Waals surface area contributed by atoms with E-state index in [0.717, 1.165) is 29.6 Å². The summed E-state index contributed by atoms with van der Waals surface area (Å²) >= 11 is 2.03. The van der Waals surface area contributed by atoms with E-state index in [1.54, 1.807) is 12.5 Å². The Balaban J connectivity index is 3.86. The minimum atomic E-state index is -1.81. The lowest BCUT2D eigenvalue weighted by molar-refractivity contribution is 0.447. The topological polar surface area (TPSA) is 47.6 Å². The predicted octanol–water partition coefficient (Wildman–Crippen LogP) is 4.03. The van der Waals surface area contributed by atoms with Crippen LogP contribution in [0.25, 0.3) is 5.57 Å². The van der Waals surface area contributed by atoms with Crippen LogP contribution in [0, 0.1) is 45.9 Å². The highest BCUT2D eigenvalue weighted by Crippen LogP contribution is 2.36. The minimum Gasteiger partial charge on any atom is -0.203 e. The lowest BCUT2D eigenvalue weighted by Gasteiger charge is -2.10. The first kappa shape index (κ1) is 16.4. The van der Waals surface area contributed by atoms with Crippen molar-refractivity contribution in [3.63, 3.8) is 0 Å². The zero-order chi connectivity index (χ0) is 15.4. The number of thioether (sulfide) groups is 2. The summed E-state index contributed by atoms with van der Waals surface area (Å²) in [5, 5.41) is 17.5. The molecule has 0 N–H and O–H groups in total. The molecule has 0 saturated heterocycles. The fraction of sp³-hybridized carbons (Fsp3) is 0.167. The fourth-order valence-corrected chi connectivity index (χ4v) is 2.81. The molecule has 0 amide bonds. The van der Waals surface area contributed by atoms with E-state index in [-0.39, 0.29) is 4.24 Å². The van der Waals surface area contributed by atoms with E-state index in [9.17, 15) is 17.6 Å². The first-order valence-electron chi connectivity index (χ1n) is 4.93. The molecular weight excluding hydrogens is 312 g/mol. The normalized spacial score (nSPS) is 9.80. The Morgan fingerprint density at radius 2 is 1.35 bits per heavy atom. The summed E-state index contributed by atoms with van der Waals surface area (Å²) in [5.41, 5.74) is -2.96. The average Bonchev–Trinajstić information content (AvgIpc) is 2.45. The number of benzene rings is 1. The van der Waals surface area contributed by atoms with Gasteiger partial charge in [-0.2, -0.15) is 10.5 Å². The smallest absolute Gasteiger partial charge is 0.180 e. The minimum absolute atomic E-state index is 0.203. The lowest BCUT2D eigenvalue weighted by Crippen LogP contribution is -2.06. The molecule has 1 aromatic carbocycles. The van der Waals surface area contributed by atoms with E-state index < -0.39 is 40.0 Å².